The first-order valence-electron chi connectivity index (χ1n) is 6.79. The van der Waals surface area contributed by atoms with Crippen molar-refractivity contribution in [2.75, 3.05) is 26.2 Å². The van der Waals surface area contributed by atoms with E-state index < -0.39 is 0 Å². The number of hydrogen-bond donors (Lipinski definition) is 2. The fourth-order valence-electron chi connectivity index (χ4n) is 2.39. The lowest BCUT2D eigenvalue weighted by atomic mass is 10.1. The Hall–Kier alpha value is -0.970. The Morgan fingerprint density at radius 2 is 2.22 bits per heavy atom. The van der Waals surface area contributed by atoms with E-state index in [-0.39, 0.29) is 12.1 Å². The minimum Gasteiger partial charge on any atom is -0.390 e. The number of aliphatic hydroxyl groups is 1. The fourth-order valence-corrected chi connectivity index (χ4v) is 2.39. The van der Waals surface area contributed by atoms with Crippen LogP contribution in [0.4, 0.5) is 0 Å². The van der Waals surface area contributed by atoms with Crippen LogP contribution in [0.15, 0.2) is 24.5 Å². The molecule has 2 N–H and O–H groups in total. The topological polar surface area (TPSA) is 48.4 Å². The Labute approximate surface area is 109 Å². The van der Waals surface area contributed by atoms with Crippen LogP contribution in [0.25, 0.3) is 0 Å². The number of likely N-dealkylation sites (tertiary alicyclic amines) is 1. The average Bonchev–Trinajstić information content (AvgIpc) is 2.90. The SMILES string of the molecule is C[C@@H](NCC(O)CN1CCCC1)c1cccnc1. The molecule has 0 aliphatic carbocycles. The van der Waals surface area contributed by atoms with Gasteiger partial charge in [0.25, 0.3) is 0 Å². The highest BCUT2D eigenvalue weighted by molar-refractivity contribution is 5.12. The Balaban J connectivity index is 1.70. The molecule has 0 aromatic carbocycles. The third kappa shape index (κ3) is 4.05. The third-order valence-corrected chi connectivity index (χ3v) is 3.51. The van der Waals surface area contributed by atoms with Crippen molar-refractivity contribution in [3.63, 3.8) is 0 Å². The number of rotatable bonds is 6. The lowest BCUT2D eigenvalue weighted by Crippen LogP contribution is -2.37. The monoisotopic (exact) mass is 249 g/mol. The van der Waals surface area contributed by atoms with Gasteiger partial charge >= 0.3 is 0 Å². The number of β-amino-alcohol motifs (C(OH)–C–C–N with tert-alkyl or cyclic N) is 1. The first-order chi connectivity index (χ1) is 8.75. The normalized spacial score (nSPS) is 19.9. The maximum Gasteiger partial charge on any atom is 0.0791 e. The fraction of sp³-hybridized carbons (Fsp3) is 0.643. The second-order valence-corrected chi connectivity index (χ2v) is 5.08. The number of aromatic nitrogens is 1. The standard InChI is InChI=1S/C14H23N3O/c1-12(13-5-4-6-15-9-13)16-10-14(18)11-17-7-2-3-8-17/h4-6,9,12,14,16,18H,2-3,7-8,10-11H2,1H3/t12-,14?/m1/s1. The van der Waals surface area contributed by atoms with Gasteiger partial charge in [-0.2, -0.15) is 0 Å². The molecule has 18 heavy (non-hydrogen) atoms. The number of nitrogens with zero attached hydrogens (tertiary/aromatic N) is 2. The van der Waals surface area contributed by atoms with Crippen molar-refractivity contribution in [2.45, 2.75) is 31.9 Å². The molecule has 4 heteroatoms. The molecule has 0 radical (unpaired) electrons. The van der Waals surface area contributed by atoms with Crippen molar-refractivity contribution in [3.05, 3.63) is 30.1 Å². The van der Waals surface area contributed by atoms with Crippen molar-refractivity contribution in [1.29, 1.82) is 0 Å². The van der Waals surface area contributed by atoms with Crippen molar-refractivity contribution in [3.8, 4) is 0 Å². The summed E-state index contributed by atoms with van der Waals surface area (Å²) in [6.45, 7) is 5.78. The van der Waals surface area contributed by atoms with Gasteiger partial charge in [0.1, 0.15) is 0 Å². The summed E-state index contributed by atoms with van der Waals surface area (Å²) in [6, 6.07) is 4.22. The van der Waals surface area contributed by atoms with Crippen LogP contribution in [0.1, 0.15) is 31.4 Å². The Morgan fingerprint density at radius 1 is 1.44 bits per heavy atom. The molecular weight excluding hydrogens is 226 g/mol. The van der Waals surface area contributed by atoms with E-state index in [0.29, 0.717) is 6.54 Å². The molecule has 2 atom stereocenters. The van der Waals surface area contributed by atoms with Gasteiger partial charge in [-0.1, -0.05) is 6.07 Å². The lowest BCUT2D eigenvalue weighted by Gasteiger charge is -2.21. The molecule has 1 aromatic rings. The van der Waals surface area contributed by atoms with E-state index in [1.165, 1.54) is 12.8 Å². The van der Waals surface area contributed by atoms with E-state index in [1.54, 1.807) is 6.20 Å². The number of nitrogens with one attached hydrogen (secondary N) is 1. The summed E-state index contributed by atoms with van der Waals surface area (Å²) in [7, 11) is 0. The molecule has 1 aliphatic rings. The molecule has 1 saturated heterocycles. The van der Waals surface area contributed by atoms with Crippen molar-refractivity contribution in [2.24, 2.45) is 0 Å². The molecule has 2 rings (SSSR count). The zero-order valence-corrected chi connectivity index (χ0v) is 11.0. The number of pyridine rings is 1. The highest BCUT2D eigenvalue weighted by Crippen LogP contribution is 2.10. The van der Waals surface area contributed by atoms with Crippen LogP contribution in [0.5, 0.6) is 0 Å². The zero-order valence-electron chi connectivity index (χ0n) is 11.0. The highest BCUT2D eigenvalue weighted by Gasteiger charge is 2.16. The molecule has 100 valence electrons. The van der Waals surface area contributed by atoms with Gasteiger partial charge in [-0.25, -0.2) is 0 Å². The largest absolute Gasteiger partial charge is 0.390 e. The Bertz CT molecular complexity index is 338. The van der Waals surface area contributed by atoms with Crippen molar-refractivity contribution in [1.82, 2.24) is 15.2 Å². The Morgan fingerprint density at radius 3 is 2.89 bits per heavy atom. The molecule has 4 nitrogen and oxygen atoms in total. The Kier molecular flexibility index (Phi) is 5.11. The van der Waals surface area contributed by atoms with E-state index in [9.17, 15) is 5.11 Å². The zero-order chi connectivity index (χ0) is 12.8. The summed E-state index contributed by atoms with van der Waals surface area (Å²) in [4.78, 5) is 6.44. The quantitative estimate of drug-likeness (QED) is 0.795. The molecule has 1 aromatic heterocycles. The summed E-state index contributed by atoms with van der Waals surface area (Å²) in [5.74, 6) is 0. The van der Waals surface area contributed by atoms with E-state index >= 15 is 0 Å². The molecule has 0 bridgehead atoms. The van der Waals surface area contributed by atoms with Gasteiger partial charge in [0, 0.05) is 31.5 Å². The van der Waals surface area contributed by atoms with Crippen LogP contribution in [0, 0.1) is 0 Å². The molecule has 0 spiro atoms. The number of aliphatic hydroxyl groups excluding tert-OH is 1. The van der Waals surface area contributed by atoms with Gasteiger partial charge in [0.05, 0.1) is 6.10 Å². The van der Waals surface area contributed by atoms with Crippen LogP contribution in [0.3, 0.4) is 0 Å². The summed E-state index contributed by atoms with van der Waals surface area (Å²) < 4.78 is 0. The summed E-state index contributed by atoms with van der Waals surface area (Å²) in [5, 5.41) is 13.3. The van der Waals surface area contributed by atoms with E-state index in [0.717, 1.165) is 25.2 Å². The predicted molar refractivity (Wildman–Crippen MR) is 72.3 cm³/mol. The van der Waals surface area contributed by atoms with E-state index in [4.69, 9.17) is 0 Å². The van der Waals surface area contributed by atoms with Gasteiger partial charge in [0.2, 0.25) is 0 Å². The second-order valence-electron chi connectivity index (χ2n) is 5.08. The summed E-state index contributed by atoms with van der Waals surface area (Å²) in [5.41, 5.74) is 1.16. The minimum atomic E-state index is -0.290. The lowest BCUT2D eigenvalue weighted by molar-refractivity contribution is 0.121. The first kappa shape index (κ1) is 13.5. The smallest absolute Gasteiger partial charge is 0.0791 e. The maximum absolute atomic E-state index is 9.99. The van der Waals surface area contributed by atoms with Gasteiger partial charge < -0.3 is 15.3 Å². The molecule has 1 fully saturated rings. The van der Waals surface area contributed by atoms with Gasteiger partial charge in [-0.3, -0.25) is 4.98 Å². The average molecular weight is 249 g/mol. The van der Waals surface area contributed by atoms with Gasteiger partial charge in [-0.15, -0.1) is 0 Å². The predicted octanol–water partition coefficient (Wildman–Crippen LogP) is 1.19. The maximum atomic E-state index is 9.99. The molecule has 1 unspecified atom stereocenters. The highest BCUT2D eigenvalue weighted by atomic mass is 16.3. The summed E-state index contributed by atoms with van der Waals surface area (Å²) >= 11 is 0. The van der Waals surface area contributed by atoms with Crippen LogP contribution < -0.4 is 5.32 Å². The second kappa shape index (κ2) is 6.83. The van der Waals surface area contributed by atoms with Crippen LogP contribution in [-0.2, 0) is 0 Å². The van der Waals surface area contributed by atoms with Crippen molar-refractivity contribution >= 4 is 0 Å². The van der Waals surface area contributed by atoms with Crippen LogP contribution >= 0.6 is 0 Å². The van der Waals surface area contributed by atoms with E-state index in [1.807, 2.05) is 12.3 Å². The van der Waals surface area contributed by atoms with Crippen LogP contribution in [0.2, 0.25) is 0 Å². The third-order valence-electron chi connectivity index (χ3n) is 3.51. The van der Waals surface area contributed by atoms with Gasteiger partial charge in [-0.05, 0) is 44.5 Å². The molecule has 0 amide bonds. The van der Waals surface area contributed by atoms with E-state index in [2.05, 4.69) is 28.2 Å². The van der Waals surface area contributed by atoms with Crippen LogP contribution in [-0.4, -0.2) is 47.3 Å². The molecule has 2 heterocycles. The molecule has 0 saturated carbocycles. The molecule has 1 aliphatic heterocycles. The number of hydrogen-bond acceptors (Lipinski definition) is 4. The van der Waals surface area contributed by atoms with Gasteiger partial charge in [0.15, 0.2) is 0 Å². The first-order valence-corrected chi connectivity index (χ1v) is 6.79. The van der Waals surface area contributed by atoms with Crippen molar-refractivity contribution < 1.29 is 5.11 Å². The minimum absolute atomic E-state index is 0.229. The summed E-state index contributed by atoms with van der Waals surface area (Å²) in [6.07, 6.45) is 5.89. The molecular formula is C14H23N3O.